The molecule has 0 N–H and O–H groups in total. The van der Waals surface area contributed by atoms with Crippen LogP contribution in [0.5, 0.6) is 5.75 Å². The van der Waals surface area contributed by atoms with Crippen molar-refractivity contribution < 1.29 is 4.74 Å². The predicted octanol–water partition coefficient (Wildman–Crippen LogP) is 4.26. The van der Waals surface area contributed by atoms with E-state index in [-0.39, 0.29) is 0 Å². The van der Waals surface area contributed by atoms with Gasteiger partial charge in [-0.25, -0.2) is 0 Å². The van der Waals surface area contributed by atoms with Gasteiger partial charge in [-0.05, 0) is 24.1 Å². The highest BCUT2D eigenvalue weighted by molar-refractivity contribution is 5.36. The summed E-state index contributed by atoms with van der Waals surface area (Å²) in [5.74, 6) is 2.13. The third kappa shape index (κ3) is 3.49. The maximum Gasteiger partial charge on any atom is 0.119 e. The van der Waals surface area contributed by atoms with E-state index < -0.39 is 0 Å². The number of ether oxygens (including phenoxy) is 1. The van der Waals surface area contributed by atoms with E-state index in [1.807, 2.05) is 54.6 Å². The SMILES string of the molecule is C=C[C](CCOc1ccccc1)c1ccccc1. The van der Waals surface area contributed by atoms with Gasteiger partial charge < -0.3 is 4.74 Å². The standard InChI is InChI=1S/C17H17O/c1-2-15(16-9-5-3-6-10-16)13-14-18-17-11-7-4-8-12-17/h2-12H,1,13-14H2. The lowest BCUT2D eigenvalue weighted by atomic mass is 9.96. The fourth-order valence-electron chi connectivity index (χ4n) is 1.81. The number of para-hydroxylation sites is 1. The van der Waals surface area contributed by atoms with Gasteiger partial charge >= 0.3 is 0 Å². The lowest BCUT2D eigenvalue weighted by Gasteiger charge is -2.12. The summed E-state index contributed by atoms with van der Waals surface area (Å²) >= 11 is 0. The van der Waals surface area contributed by atoms with Crippen LogP contribution in [0.25, 0.3) is 0 Å². The molecule has 1 nitrogen and oxygen atoms in total. The van der Waals surface area contributed by atoms with Crippen LogP contribution >= 0.6 is 0 Å². The number of rotatable bonds is 6. The molecule has 0 aromatic heterocycles. The molecule has 91 valence electrons. The van der Waals surface area contributed by atoms with Crippen molar-refractivity contribution in [2.45, 2.75) is 6.42 Å². The molecule has 18 heavy (non-hydrogen) atoms. The lowest BCUT2D eigenvalue weighted by Crippen LogP contribution is -2.04. The third-order valence-electron chi connectivity index (χ3n) is 2.77. The zero-order chi connectivity index (χ0) is 12.6. The highest BCUT2D eigenvalue weighted by Gasteiger charge is 2.07. The van der Waals surface area contributed by atoms with Crippen LogP contribution in [-0.2, 0) is 0 Å². The van der Waals surface area contributed by atoms with Crippen LogP contribution < -0.4 is 4.74 Å². The third-order valence-corrected chi connectivity index (χ3v) is 2.77. The first-order valence-corrected chi connectivity index (χ1v) is 6.11. The Morgan fingerprint density at radius 1 is 0.944 bits per heavy atom. The van der Waals surface area contributed by atoms with Crippen LogP contribution in [0, 0.1) is 5.92 Å². The molecular formula is C17H17O. The van der Waals surface area contributed by atoms with Gasteiger partial charge in [-0.3, -0.25) is 0 Å². The van der Waals surface area contributed by atoms with Crippen molar-refractivity contribution >= 4 is 0 Å². The Kier molecular flexibility index (Phi) is 4.60. The maximum atomic E-state index is 5.69. The number of hydrogen-bond acceptors (Lipinski definition) is 1. The van der Waals surface area contributed by atoms with Crippen molar-refractivity contribution in [3.8, 4) is 5.75 Å². The molecule has 0 bridgehead atoms. The van der Waals surface area contributed by atoms with Crippen LogP contribution in [0.3, 0.4) is 0 Å². The summed E-state index contributed by atoms with van der Waals surface area (Å²) in [5, 5.41) is 0. The molecule has 0 saturated carbocycles. The fraction of sp³-hybridized carbons (Fsp3) is 0.118. The molecule has 0 aliphatic heterocycles. The summed E-state index contributed by atoms with van der Waals surface area (Å²) in [6.07, 6.45) is 2.77. The normalized spacial score (nSPS) is 10.3. The molecule has 0 aliphatic rings. The highest BCUT2D eigenvalue weighted by atomic mass is 16.5. The number of hydrogen-bond donors (Lipinski definition) is 0. The summed E-state index contributed by atoms with van der Waals surface area (Å²) in [5.41, 5.74) is 1.21. The van der Waals surface area contributed by atoms with Gasteiger partial charge in [-0.15, -0.1) is 6.58 Å². The average Bonchev–Trinajstić information content (AvgIpc) is 2.46. The first kappa shape index (κ1) is 12.4. The van der Waals surface area contributed by atoms with E-state index in [1.54, 1.807) is 0 Å². The second-order valence-corrected chi connectivity index (χ2v) is 4.01. The van der Waals surface area contributed by atoms with Crippen LogP contribution in [0.2, 0.25) is 0 Å². The zero-order valence-electron chi connectivity index (χ0n) is 10.4. The number of benzene rings is 2. The molecule has 1 heteroatoms. The van der Waals surface area contributed by atoms with E-state index in [0.717, 1.165) is 12.2 Å². The van der Waals surface area contributed by atoms with E-state index in [0.29, 0.717) is 6.61 Å². The van der Waals surface area contributed by atoms with Crippen molar-refractivity contribution in [1.82, 2.24) is 0 Å². The first-order chi connectivity index (χ1) is 8.90. The van der Waals surface area contributed by atoms with E-state index in [2.05, 4.69) is 18.7 Å². The van der Waals surface area contributed by atoms with E-state index in [9.17, 15) is 0 Å². The maximum absolute atomic E-state index is 5.69. The highest BCUT2D eigenvalue weighted by Crippen LogP contribution is 2.20. The second kappa shape index (κ2) is 6.65. The topological polar surface area (TPSA) is 9.23 Å². The quantitative estimate of drug-likeness (QED) is 0.729. The molecule has 0 saturated heterocycles. The Morgan fingerprint density at radius 3 is 2.17 bits per heavy atom. The molecule has 0 amide bonds. The van der Waals surface area contributed by atoms with Crippen LogP contribution in [0.1, 0.15) is 12.0 Å². The van der Waals surface area contributed by atoms with Crippen molar-refractivity contribution in [3.63, 3.8) is 0 Å². The Bertz CT molecular complexity index is 461. The minimum Gasteiger partial charge on any atom is -0.494 e. The minimum absolute atomic E-state index is 0.667. The van der Waals surface area contributed by atoms with Gasteiger partial charge in [0, 0.05) is 5.92 Å². The Balaban J connectivity index is 1.87. The van der Waals surface area contributed by atoms with Gasteiger partial charge in [0.25, 0.3) is 0 Å². The molecule has 0 atom stereocenters. The summed E-state index contributed by atoms with van der Waals surface area (Å²) in [6, 6.07) is 20.2. The predicted molar refractivity (Wildman–Crippen MR) is 75.5 cm³/mol. The van der Waals surface area contributed by atoms with Crippen molar-refractivity contribution in [2.24, 2.45) is 0 Å². The number of allylic oxidation sites excluding steroid dienone is 1. The van der Waals surface area contributed by atoms with Gasteiger partial charge in [0.2, 0.25) is 0 Å². The summed E-state index contributed by atoms with van der Waals surface area (Å²) < 4.78 is 5.69. The summed E-state index contributed by atoms with van der Waals surface area (Å²) in [4.78, 5) is 0. The Hall–Kier alpha value is -2.02. The Morgan fingerprint density at radius 2 is 1.56 bits per heavy atom. The average molecular weight is 237 g/mol. The van der Waals surface area contributed by atoms with Crippen molar-refractivity contribution in [3.05, 3.63) is 84.8 Å². The minimum atomic E-state index is 0.667. The second-order valence-electron chi connectivity index (χ2n) is 4.01. The van der Waals surface area contributed by atoms with Crippen molar-refractivity contribution in [1.29, 1.82) is 0 Å². The summed E-state index contributed by atoms with van der Waals surface area (Å²) in [7, 11) is 0. The largest absolute Gasteiger partial charge is 0.494 e. The molecule has 1 radical (unpaired) electrons. The van der Waals surface area contributed by atoms with Gasteiger partial charge in [0.15, 0.2) is 0 Å². The molecule has 0 heterocycles. The van der Waals surface area contributed by atoms with Crippen LogP contribution in [-0.4, -0.2) is 6.61 Å². The van der Waals surface area contributed by atoms with E-state index in [1.165, 1.54) is 11.5 Å². The molecule has 2 rings (SSSR count). The van der Waals surface area contributed by atoms with E-state index in [4.69, 9.17) is 4.74 Å². The molecule has 0 unspecified atom stereocenters. The van der Waals surface area contributed by atoms with Crippen molar-refractivity contribution in [2.75, 3.05) is 6.61 Å². The molecule has 2 aromatic carbocycles. The molecule has 2 aromatic rings. The van der Waals surface area contributed by atoms with Gasteiger partial charge in [-0.2, -0.15) is 0 Å². The Labute approximate surface area is 109 Å². The zero-order valence-corrected chi connectivity index (χ0v) is 10.4. The van der Waals surface area contributed by atoms with Gasteiger partial charge in [-0.1, -0.05) is 54.6 Å². The van der Waals surface area contributed by atoms with Gasteiger partial charge in [0.1, 0.15) is 5.75 Å². The molecule has 0 spiro atoms. The van der Waals surface area contributed by atoms with E-state index >= 15 is 0 Å². The monoisotopic (exact) mass is 237 g/mol. The molecule has 0 aliphatic carbocycles. The fourth-order valence-corrected chi connectivity index (χ4v) is 1.81. The van der Waals surface area contributed by atoms with Crippen LogP contribution in [0.15, 0.2) is 73.3 Å². The summed E-state index contributed by atoms with van der Waals surface area (Å²) in [6.45, 7) is 4.54. The smallest absolute Gasteiger partial charge is 0.119 e. The molecular weight excluding hydrogens is 220 g/mol. The van der Waals surface area contributed by atoms with Gasteiger partial charge in [0.05, 0.1) is 6.61 Å². The lowest BCUT2D eigenvalue weighted by molar-refractivity contribution is 0.318. The first-order valence-electron chi connectivity index (χ1n) is 6.11. The van der Waals surface area contributed by atoms with Crippen LogP contribution in [0.4, 0.5) is 0 Å². The molecule has 0 fully saturated rings.